The molecule has 2 aromatic rings. The van der Waals surface area contributed by atoms with E-state index in [1.807, 2.05) is 24.3 Å². The SMILES string of the molecule is COc1c(CCO)c(C(C)(C)C)nn1-c1ccccc1Cl. The Morgan fingerprint density at radius 3 is 2.48 bits per heavy atom. The molecule has 21 heavy (non-hydrogen) atoms. The molecule has 5 heteroatoms. The Morgan fingerprint density at radius 1 is 1.29 bits per heavy atom. The van der Waals surface area contributed by atoms with Crippen LogP contribution in [-0.4, -0.2) is 28.6 Å². The maximum absolute atomic E-state index is 9.35. The number of aromatic nitrogens is 2. The molecule has 0 saturated heterocycles. The number of hydrogen-bond acceptors (Lipinski definition) is 3. The maximum atomic E-state index is 9.35. The molecule has 1 aromatic heterocycles. The number of rotatable bonds is 4. The monoisotopic (exact) mass is 308 g/mol. The van der Waals surface area contributed by atoms with Crippen molar-refractivity contribution in [3.8, 4) is 11.6 Å². The van der Waals surface area contributed by atoms with Crippen LogP contribution in [0.3, 0.4) is 0 Å². The summed E-state index contributed by atoms with van der Waals surface area (Å²) in [6.07, 6.45) is 0.500. The molecule has 0 spiro atoms. The largest absolute Gasteiger partial charge is 0.481 e. The van der Waals surface area contributed by atoms with E-state index in [1.165, 1.54) is 0 Å². The Bertz CT molecular complexity index is 630. The van der Waals surface area contributed by atoms with Gasteiger partial charge in [0.1, 0.15) is 0 Å². The number of nitrogens with zero attached hydrogens (tertiary/aromatic N) is 2. The summed E-state index contributed by atoms with van der Waals surface area (Å²) in [6.45, 7) is 6.32. The van der Waals surface area contributed by atoms with E-state index in [4.69, 9.17) is 21.4 Å². The predicted molar refractivity (Wildman–Crippen MR) is 84.6 cm³/mol. The van der Waals surface area contributed by atoms with Crippen molar-refractivity contribution in [2.75, 3.05) is 13.7 Å². The highest BCUT2D eigenvalue weighted by Crippen LogP contribution is 2.35. The average Bonchev–Trinajstić information content (AvgIpc) is 2.78. The minimum absolute atomic E-state index is 0.0493. The summed E-state index contributed by atoms with van der Waals surface area (Å²) in [5.74, 6) is 0.627. The maximum Gasteiger partial charge on any atom is 0.220 e. The van der Waals surface area contributed by atoms with E-state index in [9.17, 15) is 5.11 Å². The Hall–Kier alpha value is -1.52. The first-order valence-corrected chi connectivity index (χ1v) is 7.30. The van der Waals surface area contributed by atoms with Crippen molar-refractivity contribution in [2.45, 2.75) is 32.6 Å². The van der Waals surface area contributed by atoms with Crippen molar-refractivity contribution in [1.29, 1.82) is 0 Å². The number of benzene rings is 1. The fraction of sp³-hybridized carbons (Fsp3) is 0.438. The number of ether oxygens (including phenoxy) is 1. The molecule has 0 aliphatic rings. The Kier molecular flexibility index (Phi) is 4.59. The number of hydrogen-bond donors (Lipinski definition) is 1. The molecular formula is C16H21ClN2O2. The predicted octanol–water partition coefficient (Wildman–Crippen LogP) is 3.37. The van der Waals surface area contributed by atoms with Crippen LogP contribution < -0.4 is 4.74 Å². The van der Waals surface area contributed by atoms with Crippen molar-refractivity contribution >= 4 is 11.6 Å². The van der Waals surface area contributed by atoms with Gasteiger partial charge in [-0.15, -0.1) is 0 Å². The Balaban J connectivity index is 2.70. The smallest absolute Gasteiger partial charge is 0.220 e. The number of aliphatic hydroxyl groups is 1. The first kappa shape index (κ1) is 15.9. The van der Waals surface area contributed by atoms with E-state index in [1.54, 1.807) is 11.8 Å². The summed E-state index contributed by atoms with van der Waals surface area (Å²) < 4.78 is 7.26. The van der Waals surface area contributed by atoms with Gasteiger partial charge in [-0.05, 0) is 12.1 Å². The fourth-order valence-corrected chi connectivity index (χ4v) is 2.59. The topological polar surface area (TPSA) is 47.3 Å². The molecule has 2 rings (SSSR count). The molecule has 0 fully saturated rings. The molecule has 1 aromatic carbocycles. The van der Waals surface area contributed by atoms with Crippen LogP contribution >= 0.6 is 11.6 Å². The summed E-state index contributed by atoms with van der Waals surface area (Å²) in [5, 5.41) is 14.6. The van der Waals surface area contributed by atoms with Crippen molar-refractivity contribution < 1.29 is 9.84 Å². The van der Waals surface area contributed by atoms with Gasteiger partial charge in [0.05, 0.1) is 23.5 Å². The van der Waals surface area contributed by atoms with Gasteiger partial charge in [0.25, 0.3) is 0 Å². The second-order valence-corrected chi connectivity index (χ2v) is 6.33. The molecule has 1 N–H and O–H groups in total. The second-order valence-electron chi connectivity index (χ2n) is 5.92. The van der Waals surface area contributed by atoms with Crippen molar-refractivity contribution in [2.24, 2.45) is 0 Å². The molecule has 0 saturated carbocycles. The molecule has 0 bridgehead atoms. The fourth-order valence-electron chi connectivity index (χ4n) is 2.37. The van der Waals surface area contributed by atoms with Crippen LogP contribution in [0.4, 0.5) is 0 Å². The highest BCUT2D eigenvalue weighted by molar-refractivity contribution is 6.32. The molecule has 0 unspecified atom stereocenters. The lowest BCUT2D eigenvalue weighted by molar-refractivity contribution is 0.295. The first-order valence-electron chi connectivity index (χ1n) is 6.92. The van der Waals surface area contributed by atoms with E-state index in [0.717, 1.165) is 16.9 Å². The second kappa shape index (κ2) is 6.08. The summed E-state index contributed by atoms with van der Waals surface area (Å²) >= 11 is 6.27. The third kappa shape index (κ3) is 3.06. The molecule has 114 valence electrons. The molecular weight excluding hydrogens is 288 g/mol. The summed E-state index contributed by atoms with van der Waals surface area (Å²) in [7, 11) is 1.61. The Morgan fingerprint density at radius 2 is 1.95 bits per heavy atom. The van der Waals surface area contributed by atoms with Crippen LogP contribution in [0.15, 0.2) is 24.3 Å². The van der Waals surface area contributed by atoms with Crippen LogP contribution in [0.1, 0.15) is 32.0 Å². The van der Waals surface area contributed by atoms with Crippen LogP contribution in [-0.2, 0) is 11.8 Å². The lowest BCUT2D eigenvalue weighted by atomic mass is 9.88. The van der Waals surface area contributed by atoms with Crippen molar-refractivity contribution in [3.63, 3.8) is 0 Å². The normalized spacial score (nSPS) is 11.7. The third-order valence-electron chi connectivity index (χ3n) is 3.28. The van der Waals surface area contributed by atoms with Crippen LogP contribution in [0.5, 0.6) is 5.88 Å². The number of methoxy groups -OCH3 is 1. The zero-order valence-corrected chi connectivity index (χ0v) is 13.6. The van der Waals surface area contributed by atoms with E-state index in [-0.39, 0.29) is 12.0 Å². The lowest BCUT2D eigenvalue weighted by Crippen LogP contribution is -2.15. The summed E-state index contributed by atoms with van der Waals surface area (Å²) in [5.41, 5.74) is 2.45. The number of para-hydroxylation sites is 1. The van der Waals surface area contributed by atoms with E-state index >= 15 is 0 Å². The number of halogens is 1. The zero-order chi connectivity index (χ0) is 15.6. The van der Waals surface area contributed by atoms with Gasteiger partial charge < -0.3 is 9.84 Å². The van der Waals surface area contributed by atoms with Crippen molar-refractivity contribution in [1.82, 2.24) is 9.78 Å². The highest BCUT2D eigenvalue weighted by atomic mass is 35.5. The summed E-state index contributed by atoms with van der Waals surface area (Å²) in [6, 6.07) is 7.50. The van der Waals surface area contributed by atoms with Crippen molar-refractivity contribution in [3.05, 3.63) is 40.5 Å². The van der Waals surface area contributed by atoms with Gasteiger partial charge in [-0.3, -0.25) is 0 Å². The third-order valence-corrected chi connectivity index (χ3v) is 3.60. The van der Waals surface area contributed by atoms with E-state index in [0.29, 0.717) is 17.3 Å². The average molecular weight is 309 g/mol. The van der Waals surface area contributed by atoms with Gasteiger partial charge in [0.15, 0.2) is 0 Å². The molecule has 0 aliphatic heterocycles. The van der Waals surface area contributed by atoms with Crippen LogP contribution in [0, 0.1) is 0 Å². The molecule has 0 atom stereocenters. The van der Waals surface area contributed by atoms with E-state index in [2.05, 4.69) is 20.8 Å². The number of aliphatic hydroxyl groups excluding tert-OH is 1. The van der Waals surface area contributed by atoms with Gasteiger partial charge in [-0.1, -0.05) is 44.5 Å². The van der Waals surface area contributed by atoms with Gasteiger partial charge in [0.2, 0.25) is 5.88 Å². The first-order chi connectivity index (χ1) is 9.90. The highest BCUT2D eigenvalue weighted by Gasteiger charge is 2.28. The minimum atomic E-state index is -0.149. The van der Waals surface area contributed by atoms with Gasteiger partial charge >= 0.3 is 0 Å². The van der Waals surface area contributed by atoms with Gasteiger partial charge in [-0.2, -0.15) is 9.78 Å². The Labute approximate surface area is 130 Å². The van der Waals surface area contributed by atoms with Crippen LogP contribution in [0.25, 0.3) is 5.69 Å². The summed E-state index contributed by atoms with van der Waals surface area (Å²) in [4.78, 5) is 0. The minimum Gasteiger partial charge on any atom is -0.481 e. The van der Waals surface area contributed by atoms with Gasteiger partial charge in [-0.25, -0.2) is 0 Å². The molecule has 0 amide bonds. The molecule has 0 aliphatic carbocycles. The van der Waals surface area contributed by atoms with Crippen LogP contribution in [0.2, 0.25) is 5.02 Å². The zero-order valence-electron chi connectivity index (χ0n) is 12.9. The molecule has 1 heterocycles. The lowest BCUT2D eigenvalue weighted by Gasteiger charge is -2.17. The quantitative estimate of drug-likeness (QED) is 0.942. The standard InChI is InChI=1S/C16H21ClN2O2/c1-16(2,3)14-11(9-10-20)15(21-4)19(18-14)13-8-6-5-7-12(13)17/h5-8,20H,9-10H2,1-4H3. The molecule has 0 radical (unpaired) electrons. The van der Waals surface area contributed by atoms with E-state index < -0.39 is 0 Å². The van der Waals surface area contributed by atoms with Gasteiger partial charge in [0, 0.05) is 24.0 Å². The molecule has 4 nitrogen and oxygen atoms in total.